The number of hydrogen-bond acceptors (Lipinski definition) is 7. The Hall–Kier alpha value is -3.97. The van der Waals surface area contributed by atoms with E-state index in [4.69, 9.17) is 16.3 Å². The predicted molar refractivity (Wildman–Crippen MR) is 143 cm³/mol. The fraction of sp³-hybridized carbons (Fsp3) is 0.429. The van der Waals surface area contributed by atoms with Gasteiger partial charge in [-0.3, -0.25) is 14.5 Å². The Morgan fingerprint density at radius 3 is 2.79 bits per heavy atom. The highest BCUT2D eigenvalue weighted by Gasteiger charge is 2.53. The van der Waals surface area contributed by atoms with E-state index in [-0.39, 0.29) is 41.4 Å². The zero-order valence-electron chi connectivity index (χ0n) is 21.9. The molecule has 2 aliphatic carbocycles. The van der Waals surface area contributed by atoms with Gasteiger partial charge in [-0.1, -0.05) is 16.8 Å². The van der Waals surface area contributed by atoms with Crippen molar-refractivity contribution in [2.45, 2.75) is 51.1 Å². The van der Waals surface area contributed by atoms with Crippen LogP contribution in [0.3, 0.4) is 0 Å². The van der Waals surface area contributed by atoms with Crippen molar-refractivity contribution in [3.05, 3.63) is 63.6 Å². The lowest BCUT2D eigenvalue weighted by Gasteiger charge is -2.36. The Labute approximate surface area is 230 Å². The molecule has 11 heteroatoms. The third-order valence-electron chi connectivity index (χ3n) is 8.32. The van der Waals surface area contributed by atoms with Gasteiger partial charge in [0.15, 0.2) is 17.3 Å². The second-order valence-corrected chi connectivity index (χ2v) is 11.1. The minimum absolute atomic E-state index is 0.0156. The maximum atomic E-state index is 12.9. The molecule has 200 valence electrons. The first-order valence-electron chi connectivity index (χ1n) is 13.1. The van der Waals surface area contributed by atoms with Crippen LogP contribution >= 0.6 is 11.6 Å². The molecule has 10 nitrogen and oxygen atoms in total. The Kier molecular flexibility index (Phi) is 6.26. The number of nitrogens with zero attached hydrogens (tertiary/aromatic N) is 6. The van der Waals surface area contributed by atoms with Crippen molar-refractivity contribution >= 4 is 29.2 Å². The quantitative estimate of drug-likeness (QED) is 0.478. The Balaban J connectivity index is 1.12. The van der Waals surface area contributed by atoms with Gasteiger partial charge in [-0.15, -0.1) is 5.10 Å². The van der Waals surface area contributed by atoms with E-state index in [0.29, 0.717) is 34.6 Å². The zero-order valence-corrected chi connectivity index (χ0v) is 22.6. The molecule has 6 rings (SSSR count). The number of pyridine rings is 1. The fourth-order valence-corrected chi connectivity index (χ4v) is 6.03. The van der Waals surface area contributed by atoms with E-state index < -0.39 is 0 Å². The average Bonchev–Trinajstić information content (AvgIpc) is 3.36. The van der Waals surface area contributed by atoms with E-state index >= 15 is 0 Å². The van der Waals surface area contributed by atoms with Gasteiger partial charge in [0, 0.05) is 40.9 Å². The summed E-state index contributed by atoms with van der Waals surface area (Å²) in [5.41, 5.74) is 3.49. The number of aromatic nitrogens is 4. The molecule has 0 spiro atoms. The minimum atomic E-state index is -0.294. The third-order valence-corrected chi connectivity index (χ3v) is 8.56. The standard InChI is InChI=1S/C28H28ClN7O3/c1-14-23(11-31-26(25(14)39-3)35-12-18-8-22(18)28(35)38)15(2)36-13-24(33-34-36)27(37)32-20-6-17(7-20)21-9-19(29)5-4-16(21)10-30/h4-5,9,11,13,15,17-18,20,22H,6-8,12H2,1-3H3,(H,32,37)/t15?,17-,18-,20+,22-/m1/s1. The SMILES string of the molecule is COc1c(N2C[C@H]3C[C@H]3C2=O)ncc(C(C)n2cc(C(=O)N[C@H]3C[C@@H](c4cc(Cl)ccc4C#N)C3)nn2)c1C. The lowest BCUT2D eigenvalue weighted by Crippen LogP contribution is -2.43. The molecular formula is C28H28ClN7O3. The molecule has 0 bridgehead atoms. The average molecular weight is 546 g/mol. The van der Waals surface area contributed by atoms with Gasteiger partial charge < -0.3 is 10.1 Å². The van der Waals surface area contributed by atoms with E-state index in [9.17, 15) is 14.9 Å². The van der Waals surface area contributed by atoms with E-state index in [1.165, 1.54) is 0 Å². The normalized spacial score (nSPS) is 24.0. The number of halogens is 1. The molecule has 39 heavy (non-hydrogen) atoms. The van der Waals surface area contributed by atoms with Crippen LogP contribution in [0.4, 0.5) is 5.82 Å². The number of piperidine rings is 1. The highest BCUT2D eigenvalue weighted by Crippen LogP contribution is 2.49. The highest BCUT2D eigenvalue weighted by atomic mass is 35.5. The minimum Gasteiger partial charge on any atom is -0.493 e. The number of anilines is 1. The van der Waals surface area contributed by atoms with Crippen LogP contribution < -0.4 is 15.0 Å². The Bertz CT molecular complexity index is 1520. The maximum absolute atomic E-state index is 12.9. The zero-order chi connectivity index (χ0) is 27.4. The van der Waals surface area contributed by atoms with Gasteiger partial charge in [0.1, 0.15) is 0 Å². The molecule has 3 fully saturated rings. The van der Waals surface area contributed by atoms with Gasteiger partial charge in [-0.25, -0.2) is 9.67 Å². The Morgan fingerprint density at radius 1 is 1.31 bits per heavy atom. The number of amides is 2. The van der Waals surface area contributed by atoms with Gasteiger partial charge in [0.2, 0.25) is 5.91 Å². The summed E-state index contributed by atoms with van der Waals surface area (Å²) in [6.45, 7) is 4.57. The monoisotopic (exact) mass is 545 g/mol. The second kappa shape index (κ2) is 9.65. The van der Waals surface area contributed by atoms with Crippen LogP contribution in [-0.4, -0.2) is 51.5 Å². The van der Waals surface area contributed by atoms with Crippen LogP contribution in [0.2, 0.25) is 5.02 Å². The Morgan fingerprint density at radius 2 is 2.10 bits per heavy atom. The number of ether oxygens (including phenoxy) is 1. The summed E-state index contributed by atoms with van der Waals surface area (Å²) >= 11 is 6.13. The smallest absolute Gasteiger partial charge is 0.273 e. The van der Waals surface area contributed by atoms with Crippen LogP contribution in [0.25, 0.3) is 0 Å². The molecule has 2 amide bonds. The number of carbonyl (C=O) groups is 2. The third kappa shape index (κ3) is 4.40. The van der Waals surface area contributed by atoms with Gasteiger partial charge in [-0.05, 0) is 68.7 Å². The fourth-order valence-electron chi connectivity index (χ4n) is 5.84. The largest absolute Gasteiger partial charge is 0.493 e. The number of hydrogen-bond donors (Lipinski definition) is 1. The number of methoxy groups -OCH3 is 1. The molecule has 2 saturated carbocycles. The van der Waals surface area contributed by atoms with Crippen molar-refractivity contribution in [3.63, 3.8) is 0 Å². The van der Waals surface area contributed by atoms with Crippen molar-refractivity contribution in [2.75, 3.05) is 18.6 Å². The van der Waals surface area contributed by atoms with Crippen LogP contribution in [0, 0.1) is 30.1 Å². The van der Waals surface area contributed by atoms with Gasteiger partial charge in [-0.2, -0.15) is 5.26 Å². The molecule has 1 aromatic carbocycles. The lowest BCUT2D eigenvalue weighted by atomic mass is 9.74. The lowest BCUT2D eigenvalue weighted by molar-refractivity contribution is -0.118. The van der Waals surface area contributed by atoms with Crippen LogP contribution in [0.15, 0.2) is 30.6 Å². The van der Waals surface area contributed by atoms with Crippen molar-refractivity contribution in [3.8, 4) is 11.8 Å². The summed E-state index contributed by atoms with van der Waals surface area (Å²) < 4.78 is 7.32. The van der Waals surface area contributed by atoms with E-state index in [1.54, 1.807) is 41.2 Å². The molecule has 1 aliphatic heterocycles. The van der Waals surface area contributed by atoms with Gasteiger partial charge >= 0.3 is 0 Å². The van der Waals surface area contributed by atoms with E-state index in [2.05, 4.69) is 26.7 Å². The number of rotatable bonds is 7. The summed E-state index contributed by atoms with van der Waals surface area (Å²) in [6, 6.07) is 7.21. The maximum Gasteiger partial charge on any atom is 0.273 e. The number of benzene rings is 1. The van der Waals surface area contributed by atoms with Crippen molar-refractivity contribution < 1.29 is 14.3 Å². The molecule has 2 aromatic heterocycles. The number of nitrogens with one attached hydrogen (secondary N) is 1. The molecule has 1 N–H and O–H groups in total. The van der Waals surface area contributed by atoms with Crippen LogP contribution in [-0.2, 0) is 4.79 Å². The first-order valence-corrected chi connectivity index (χ1v) is 13.4. The van der Waals surface area contributed by atoms with Crippen molar-refractivity contribution in [2.24, 2.45) is 11.8 Å². The molecule has 3 heterocycles. The summed E-state index contributed by atoms with van der Waals surface area (Å²) in [4.78, 5) is 31.8. The molecule has 3 aliphatic rings. The molecule has 1 unspecified atom stereocenters. The number of carbonyl (C=O) groups excluding carboxylic acids is 2. The van der Waals surface area contributed by atoms with Crippen LogP contribution in [0.1, 0.15) is 70.9 Å². The van der Waals surface area contributed by atoms with Gasteiger partial charge in [0.25, 0.3) is 5.91 Å². The molecule has 0 radical (unpaired) electrons. The van der Waals surface area contributed by atoms with Gasteiger partial charge in [0.05, 0.1) is 31.0 Å². The van der Waals surface area contributed by atoms with Crippen LogP contribution in [0.5, 0.6) is 5.75 Å². The first kappa shape index (κ1) is 25.3. The number of nitriles is 1. The van der Waals surface area contributed by atoms with Crippen molar-refractivity contribution in [1.82, 2.24) is 25.3 Å². The second-order valence-electron chi connectivity index (χ2n) is 10.7. The summed E-state index contributed by atoms with van der Waals surface area (Å²) in [6.07, 6.45) is 5.79. The molecule has 3 atom stereocenters. The van der Waals surface area contributed by atoms with E-state index in [1.807, 2.05) is 19.9 Å². The molecule has 3 aromatic rings. The highest BCUT2D eigenvalue weighted by molar-refractivity contribution is 6.30. The van der Waals surface area contributed by atoms with E-state index in [0.717, 1.165) is 36.0 Å². The summed E-state index contributed by atoms with van der Waals surface area (Å²) in [5.74, 6) is 1.69. The summed E-state index contributed by atoms with van der Waals surface area (Å²) in [7, 11) is 1.58. The molecule has 1 saturated heterocycles. The number of fused-ring (bicyclic) bond motifs is 1. The summed E-state index contributed by atoms with van der Waals surface area (Å²) in [5, 5.41) is 21.3. The molecular weight excluding hydrogens is 518 g/mol. The topological polar surface area (TPSA) is 126 Å². The first-order chi connectivity index (χ1) is 18.8. The predicted octanol–water partition coefficient (Wildman–Crippen LogP) is 3.78. The van der Waals surface area contributed by atoms with Crippen molar-refractivity contribution in [1.29, 1.82) is 5.26 Å².